The maximum absolute atomic E-state index is 12.8. The van der Waals surface area contributed by atoms with E-state index in [-0.39, 0.29) is 22.7 Å². The Morgan fingerprint density at radius 3 is 2.70 bits per heavy atom. The Labute approximate surface area is 153 Å². The lowest BCUT2D eigenvalue weighted by Crippen LogP contribution is -2.34. The van der Waals surface area contributed by atoms with Gasteiger partial charge in [0.2, 0.25) is 0 Å². The second kappa shape index (κ2) is 6.67. The molecule has 1 aliphatic rings. The van der Waals surface area contributed by atoms with Crippen molar-refractivity contribution in [2.24, 2.45) is 0 Å². The number of fused-ring (bicyclic) bond motifs is 1. The summed E-state index contributed by atoms with van der Waals surface area (Å²) in [5.41, 5.74) is 0.0233. The number of nitro groups is 1. The molecule has 0 saturated carbocycles. The third-order valence-corrected chi connectivity index (χ3v) is 4.41. The van der Waals surface area contributed by atoms with Gasteiger partial charge in [-0.25, -0.2) is 0 Å². The van der Waals surface area contributed by atoms with E-state index >= 15 is 0 Å². The summed E-state index contributed by atoms with van der Waals surface area (Å²) in [5, 5.41) is 13.7. The van der Waals surface area contributed by atoms with Crippen LogP contribution < -0.4 is 15.6 Å². The second-order valence-corrected chi connectivity index (χ2v) is 6.35. The van der Waals surface area contributed by atoms with Crippen LogP contribution >= 0.6 is 0 Å². The molecule has 1 aromatic carbocycles. The lowest BCUT2D eigenvalue weighted by Gasteiger charge is -2.24. The zero-order valence-electron chi connectivity index (χ0n) is 14.9. The molecule has 9 heteroatoms. The molecule has 0 spiro atoms. The Balaban J connectivity index is 1.97. The van der Waals surface area contributed by atoms with Crippen LogP contribution in [0, 0.1) is 17.0 Å². The maximum atomic E-state index is 12.8. The van der Waals surface area contributed by atoms with E-state index in [1.807, 2.05) is 0 Å². The van der Waals surface area contributed by atoms with Gasteiger partial charge in [-0.15, -0.1) is 0 Å². The number of aryl methyl sites for hydroxylation is 1. The van der Waals surface area contributed by atoms with Crippen LogP contribution in [0.5, 0.6) is 5.75 Å². The van der Waals surface area contributed by atoms with E-state index in [0.29, 0.717) is 11.4 Å². The van der Waals surface area contributed by atoms with Gasteiger partial charge in [-0.3, -0.25) is 29.1 Å². The number of carbonyl (C=O) groups excluding carboxylic acids is 2. The van der Waals surface area contributed by atoms with Crippen molar-refractivity contribution in [3.8, 4) is 5.75 Å². The molecule has 0 fully saturated rings. The molecule has 0 aliphatic carbocycles. The lowest BCUT2D eigenvalue weighted by atomic mass is 10.0. The van der Waals surface area contributed by atoms with E-state index in [1.165, 1.54) is 32.0 Å². The molecular weight excluding hydrogens is 354 g/mol. The van der Waals surface area contributed by atoms with Crippen molar-refractivity contribution >= 4 is 23.1 Å². The van der Waals surface area contributed by atoms with Crippen LogP contribution in [0.25, 0.3) is 0 Å². The first-order chi connectivity index (χ1) is 12.7. The SMILES string of the molecule is Cc1cc([N+](=O)[O-])cn(C(C)C(=O)c2ccc3c(c2)NC(=O)C(C)O3)c1=O. The molecule has 0 radical (unpaired) electrons. The van der Waals surface area contributed by atoms with Crippen LogP contribution in [0.3, 0.4) is 0 Å². The van der Waals surface area contributed by atoms with E-state index in [1.54, 1.807) is 13.0 Å². The zero-order valence-corrected chi connectivity index (χ0v) is 14.9. The molecule has 1 aliphatic heterocycles. The molecule has 2 atom stereocenters. The number of nitrogens with one attached hydrogen (secondary N) is 1. The van der Waals surface area contributed by atoms with Gasteiger partial charge in [0.1, 0.15) is 5.75 Å². The van der Waals surface area contributed by atoms with Gasteiger partial charge in [0.05, 0.1) is 22.8 Å². The number of ketones is 1. The van der Waals surface area contributed by atoms with Gasteiger partial charge in [-0.2, -0.15) is 0 Å². The van der Waals surface area contributed by atoms with Crippen molar-refractivity contribution in [1.82, 2.24) is 4.57 Å². The maximum Gasteiger partial charge on any atom is 0.286 e. The van der Waals surface area contributed by atoms with Crippen LogP contribution in [0.4, 0.5) is 11.4 Å². The molecule has 0 bridgehead atoms. The number of carbonyl (C=O) groups is 2. The van der Waals surface area contributed by atoms with Crippen LogP contribution in [0.2, 0.25) is 0 Å². The third-order valence-electron chi connectivity index (χ3n) is 4.41. The van der Waals surface area contributed by atoms with Gasteiger partial charge in [0, 0.05) is 17.2 Å². The van der Waals surface area contributed by atoms with E-state index in [4.69, 9.17) is 4.74 Å². The largest absolute Gasteiger partial charge is 0.479 e. The molecule has 2 aromatic rings. The number of anilines is 1. The van der Waals surface area contributed by atoms with E-state index in [2.05, 4.69) is 5.32 Å². The fraction of sp³-hybridized carbons (Fsp3) is 0.278. The number of rotatable bonds is 4. The topological polar surface area (TPSA) is 121 Å². The monoisotopic (exact) mass is 371 g/mol. The van der Waals surface area contributed by atoms with Crippen LogP contribution in [0.1, 0.15) is 35.8 Å². The van der Waals surface area contributed by atoms with Gasteiger partial charge in [0.15, 0.2) is 11.9 Å². The van der Waals surface area contributed by atoms with Gasteiger partial charge >= 0.3 is 0 Å². The smallest absolute Gasteiger partial charge is 0.286 e. The number of pyridine rings is 1. The number of amides is 1. The molecule has 9 nitrogen and oxygen atoms in total. The van der Waals surface area contributed by atoms with Crippen molar-refractivity contribution in [2.75, 3.05) is 5.32 Å². The van der Waals surface area contributed by atoms with Crippen LogP contribution in [-0.2, 0) is 4.79 Å². The van der Waals surface area contributed by atoms with Gasteiger partial charge in [0.25, 0.3) is 17.2 Å². The Morgan fingerprint density at radius 1 is 1.33 bits per heavy atom. The second-order valence-electron chi connectivity index (χ2n) is 6.35. The summed E-state index contributed by atoms with van der Waals surface area (Å²) in [5.74, 6) is -0.312. The fourth-order valence-corrected chi connectivity index (χ4v) is 2.84. The van der Waals surface area contributed by atoms with Crippen molar-refractivity contribution in [2.45, 2.75) is 32.9 Å². The molecule has 2 heterocycles. The Bertz CT molecular complexity index is 1030. The lowest BCUT2D eigenvalue weighted by molar-refractivity contribution is -0.385. The van der Waals surface area contributed by atoms with Gasteiger partial charge in [-0.1, -0.05) is 0 Å². The van der Waals surface area contributed by atoms with Crippen molar-refractivity contribution in [3.05, 3.63) is 62.1 Å². The van der Waals surface area contributed by atoms with Crippen molar-refractivity contribution in [1.29, 1.82) is 0 Å². The minimum atomic E-state index is -0.965. The molecule has 1 N–H and O–H groups in total. The van der Waals surface area contributed by atoms with Crippen LogP contribution in [0.15, 0.2) is 35.3 Å². The molecule has 2 unspecified atom stereocenters. The van der Waals surface area contributed by atoms with Crippen molar-refractivity contribution < 1.29 is 19.2 Å². The summed E-state index contributed by atoms with van der Waals surface area (Å²) in [6.07, 6.45) is 0.424. The minimum Gasteiger partial charge on any atom is -0.479 e. The highest BCUT2D eigenvalue weighted by molar-refractivity contribution is 6.03. The summed E-state index contributed by atoms with van der Waals surface area (Å²) < 4.78 is 6.50. The third kappa shape index (κ3) is 3.31. The predicted octanol–water partition coefficient (Wildman–Crippen LogP) is 2.23. The number of hydrogen-bond acceptors (Lipinski definition) is 6. The summed E-state index contributed by atoms with van der Waals surface area (Å²) in [4.78, 5) is 47.4. The van der Waals surface area contributed by atoms with E-state index < -0.39 is 28.4 Å². The zero-order chi connectivity index (χ0) is 19.9. The number of ether oxygens (including phenoxy) is 1. The Kier molecular flexibility index (Phi) is 4.52. The molecule has 140 valence electrons. The Morgan fingerprint density at radius 2 is 2.04 bits per heavy atom. The quantitative estimate of drug-likeness (QED) is 0.500. The number of aromatic nitrogens is 1. The van der Waals surface area contributed by atoms with Gasteiger partial charge < -0.3 is 10.1 Å². The number of benzene rings is 1. The van der Waals surface area contributed by atoms with Crippen LogP contribution in [-0.4, -0.2) is 27.3 Å². The molecule has 1 aromatic heterocycles. The first-order valence-electron chi connectivity index (χ1n) is 8.22. The summed E-state index contributed by atoms with van der Waals surface area (Å²) >= 11 is 0. The highest BCUT2D eigenvalue weighted by Crippen LogP contribution is 2.31. The summed E-state index contributed by atoms with van der Waals surface area (Å²) in [6, 6.07) is 4.76. The standard InChI is InChI=1S/C18H17N3O6/c1-9-6-13(21(25)26)8-20(18(9)24)10(2)16(22)12-4-5-15-14(7-12)19-17(23)11(3)27-15/h4-8,10-11H,1-3H3,(H,19,23). The fourth-order valence-electron chi connectivity index (χ4n) is 2.84. The molecule has 27 heavy (non-hydrogen) atoms. The molecular formula is C18H17N3O6. The normalized spacial score (nSPS) is 16.7. The number of Topliss-reactive ketones (excluding diaryl/α,β-unsaturated/α-hetero) is 1. The number of nitrogens with zero attached hydrogens (tertiary/aromatic N) is 2. The summed E-state index contributed by atoms with van der Waals surface area (Å²) in [6.45, 7) is 4.55. The predicted molar refractivity (Wildman–Crippen MR) is 96.3 cm³/mol. The van der Waals surface area contributed by atoms with Crippen molar-refractivity contribution in [3.63, 3.8) is 0 Å². The highest BCUT2D eigenvalue weighted by Gasteiger charge is 2.26. The van der Waals surface area contributed by atoms with Gasteiger partial charge in [-0.05, 0) is 39.0 Å². The highest BCUT2D eigenvalue weighted by atomic mass is 16.6. The summed E-state index contributed by atoms with van der Waals surface area (Å²) in [7, 11) is 0. The molecule has 0 saturated heterocycles. The molecule has 1 amide bonds. The molecule has 3 rings (SSSR count). The van der Waals surface area contributed by atoms with E-state index in [0.717, 1.165) is 10.8 Å². The van der Waals surface area contributed by atoms with E-state index in [9.17, 15) is 24.5 Å². The minimum absolute atomic E-state index is 0.170. The first-order valence-corrected chi connectivity index (χ1v) is 8.22. The Hall–Kier alpha value is -3.49. The average Bonchev–Trinajstić information content (AvgIpc) is 2.63. The first kappa shape index (κ1) is 18.3. The number of hydrogen-bond donors (Lipinski definition) is 1. The average molecular weight is 371 g/mol.